The first kappa shape index (κ1) is 32.3. The number of piperidine rings is 1. The molecule has 1 amide bonds. The molecular formula is C32H41N5O5S. The van der Waals surface area contributed by atoms with E-state index < -0.39 is 38.2 Å². The van der Waals surface area contributed by atoms with E-state index in [4.69, 9.17) is 10.8 Å². The summed E-state index contributed by atoms with van der Waals surface area (Å²) in [6.07, 6.45) is 2.79. The average Bonchev–Trinajstić information content (AvgIpc) is 2.99. The number of aliphatic carboxylic acids is 1. The van der Waals surface area contributed by atoms with E-state index in [-0.39, 0.29) is 30.0 Å². The lowest BCUT2D eigenvalue weighted by atomic mass is 9.80. The lowest BCUT2D eigenvalue weighted by molar-refractivity contribution is -0.137. The molecule has 0 aromatic heterocycles. The molecule has 1 saturated heterocycles. The van der Waals surface area contributed by atoms with Crippen LogP contribution >= 0.6 is 0 Å². The van der Waals surface area contributed by atoms with E-state index in [0.717, 1.165) is 16.3 Å². The average molecular weight is 608 g/mol. The Labute approximate surface area is 252 Å². The molecule has 3 aromatic carbocycles. The smallest absolute Gasteiger partial charge is 0.303 e. The normalized spacial score (nSPS) is 21.3. The van der Waals surface area contributed by atoms with E-state index in [0.29, 0.717) is 38.8 Å². The monoisotopic (exact) mass is 607 g/mol. The molecule has 1 fully saturated rings. The number of fused-ring (bicyclic) bond motifs is 1. The summed E-state index contributed by atoms with van der Waals surface area (Å²) in [6, 6.07) is 20.8. The number of carbonyl (C=O) groups excluding carboxylic acids is 1. The number of hydrogen-bond donors (Lipinski definition) is 6. The summed E-state index contributed by atoms with van der Waals surface area (Å²) in [7, 11) is -4.14. The quantitative estimate of drug-likeness (QED) is 0.0974. The molecule has 43 heavy (non-hydrogen) atoms. The molecule has 230 valence electrons. The van der Waals surface area contributed by atoms with Gasteiger partial charge in [0.2, 0.25) is 5.91 Å². The van der Waals surface area contributed by atoms with Crippen LogP contribution in [-0.2, 0) is 25.8 Å². The number of sulfone groups is 1. The molecule has 10 nitrogen and oxygen atoms in total. The largest absolute Gasteiger partial charge is 0.481 e. The number of nitrogens with two attached hydrogens (primary N) is 1. The van der Waals surface area contributed by atoms with Crippen molar-refractivity contribution in [2.24, 2.45) is 5.73 Å². The molecule has 0 bridgehead atoms. The number of nitrogens with one attached hydrogen (secondary N) is 4. The van der Waals surface area contributed by atoms with Crippen LogP contribution in [0.25, 0.3) is 10.8 Å². The molecule has 0 saturated carbocycles. The fourth-order valence-electron chi connectivity index (χ4n) is 5.84. The standard InChI is InChI=1S/C32H41N5O5S/c1-31(43(41,42)26-17-16-24-13-7-8-14-25(24)22-26)32(18-10-20-35-31,36-19-9-3-6-15-28(38)39)30(34)37-29(40)27(33)21-23-11-4-2-5-12-23/h2,4-5,7-8,11-14,16-17,22,27,35-36H,3,6,9-10,15,18-21,33H2,1H3,(H,38,39)(H2,34,37,40)/t27-,31?,32?/m0/s1. The maximum absolute atomic E-state index is 14.5. The summed E-state index contributed by atoms with van der Waals surface area (Å²) in [5.41, 5.74) is 5.60. The Bertz CT molecular complexity index is 1560. The minimum Gasteiger partial charge on any atom is -0.481 e. The highest BCUT2D eigenvalue weighted by Gasteiger charge is 2.61. The van der Waals surface area contributed by atoms with Crippen molar-refractivity contribution in [2.45, 2.75) is 73.2 Å². The van der Waals surface area contributed by atoms with Gasteiger partial charge in [0.05, 0.1) is 10.9 Å². The number of amidine groups is 1. The Morgan fingerprint density at radius 1 is 1.02 bits per heavy atom. The molecule has 1 aliphatic heterocycles. The molecule has 11 heteroatoms. The minimum absolute atomic E-state index is 0.0476. The van der Waals surface area contributed by atoms with Crippen LogP contribution in [0.4, 0.5) is 0 Å². The molecule has 1 heterocycles. The summed E-state index contributed by atoms with van der Waals surface area (Å²) in [4.78, 5) is 22.6. The fourth-order valence-corrected chi connectivity index (χ4v) is 7.86. The Hall–Kier alpha value is -3.64. The van der Waals surface area contributed by atoms with Crippen LogP contribution in [0.1, 0.15) is 51.0 Å². The number of benzene rings is 3. The third-order valence-electron chi connectivity index (χ3n) is 8.38. The molecule has 3 aromatic rings. The number of carboxylic acids is 1. The van der Waals surface area contributed by atoms with E-state index in [1.165, 1.54) is 0 Å². The first-order chi connectivity index (χ1) is 20.5. The maximum atomic E-state index is 14.5. The Morgan fingerprint density at radius 3 is 2.44 bits per heavy atom. The highest BCUT2D eigenvalue weighted by atomic mass is 32.2. The van der Waals surface area contributed by atoms with Gasteiger partial charge in [-0.2, -0.15) is 0 Å². The summed E-state index contributed by atoms with van der Waals surface area (Å²) in [5, 5.41) is 29.1. The molecular weight excluding hydrogens is 566 g/mol. The maximum Gasteiger partial charge on any atom is 0.303 e. The molecule has 7 N–H and O–H groups in total. The van der Waals surface area contributed by atoms with Crippen LogP contribution in [-0.4, -0.2) is 60.8 Å². The fraction of sp³-hybridized carbons (Fsp3) is 0.406. The SMILES string of the molecule is CC1(S(=O)(=O)c2ccc3ccccc3c2)NCCCC1(NCCCCCC(=O)O)C(=N)NC(=O)[C@@H](N)Cc1ccccc1. The van der Waals surface area contributed by atoms with Gasteiger partial charge in [-0.05, 0) is 80.6 Å². The third-order valence-corrected chi connectivity index (χ3v) is 10.8. The van der Waals surface area contributed by atoms with Crippen molar-refractivity contribution < 1.29 is 23.1 Å². The van der Waals surface area contributed by atoms with Gasteiger partial charge in [-0.3, -0.25) is 20.3 Å². The lowest BCUT2D eigenvalue weighted by Crippen LogP contribution is -2.78. The predicted molar refractivity (Wildman–Crippen MR) is 168 cm³/mol. The highest BCUT2D eigenvalue weighted by molar-refractivity contribution is 7.93. The lowest BCUT2D eigenvalue weighted by Gasteiger charge is -2.52. The Balaban J connectivity index is 1.66. The molecule has 0 aliphatic carbocycles. The van der Waals surface area contributed by atoms with Gasteiger partial charge in [-0.15, -0.1) is 0 Å². The molecule has 0 spiro atoms. The predicted octanol–water partition coefficient (Wildman–Crippen LogP) is 3.35. The van der Waals surface area contributed by atoms with Crippen molar-refractivity contribution >= 4 is 38.3 Å². The van der Waals surface area contributed by atoms with E-state index >= 15 is 0 Å². The number of unbranched alkanes of at least 4 members (excludes halogenated alkanes) is 2. The number of carboxylic acid groups (broad SMARTS) is 1. The van der Waals surface area contributed by atoms with Crippen molar-refractivity contribution in [1.82, 2.24) is 16.0 Å². The topological polar surface area (TPSA) is 174 Å². The number of rotatable bonds is 13. The van der Waals surface area contributed by atoms with Crippen LogP contribution in [0, 0.1) is 5.41 Å². The van der Waals surface area contributed by atoms with Crippen molar-refractivity contribution in [2.75, 3.05) is 13.1 Å². The summed E-state index contributed by atoms with van der Waals surface area (Å²) in [5.74, 6) is -1.72. The van der Waals surface area contributed by atoms with Gasteiger partial charge in [-0.25, -0.2) is 8.42 Å². The molecule has 0 radical (unpaired) electrons. The third kappa shape index (κ3) is 6.96. The van der Waals surface area contributed by atoms with Crippen LogP contribution < -0.4 is 21.7 Å². The van der Waals surface area contributed by atoms with Crippen LogP contribution in [0.5, 0.6) is 0 Å². The van der Waals surface area contributed by atoms with Gasteiger partial charge < -0.3 is 21.5 Å². The van der Waals surface area contributed by atoms with Crippen molar-refractivity contribution in [1.29, 1.82) is 5.41 Å². The van der Waals surface area contributed by atoms with Gasteiger partial charge in [0, 0.05) is 6.42 Å². The first-order valence-electron chi connectivity index (χ1n) is 14.6. The summed E-state index contributed by atoms with van der Waals surface area (Å²) in [6.45, 7) is 2.29. The minimum atomic E-state index is -4.14. The van der Waals surface area contributed by atoms with Gasteiger partial charge in [-0.1, -0.05) is 67.1 Å². The van der Waals surface area contributed by atoms with Crippen molar-refractivity contribution in [3.8, 4) is 0 Å². The molecule has 3 atom stereocenters. The van der Waals surface area contributed by atoms with Crippen LogP contribution in [0.3, 0.4) is 0 Å². The van der Waals surface area contributed by atoms with Gasteiger partial charge >= 0.3 is 5.97 Å². The highest BCUT2D eigenvalue weighted by Crippen LogP contribution is 2.40. The van der Waals surface area contributed by atoms with Gasteiger partial charge in [0.1, 0.15) is 16.2 Å². The molecule has 2 unspecified atom stereocenters. The van der Waals surface area contributed by atoms with Crippen molar-refractivity contribution in [3.05, 3.63) is 78.4 Å². The Morgan fingerprint density at radius 2 is 1.72 bits per heavy atom. The Kier molecular flexibility index (Phi) is 10.3. The second-order valence-corrected chi connectivity index (χ2v) is 13.6. The second-order valence-electron chi connectivity index (χ2n) is 11.3. The summed E-state index contributed by atoms with van der Waals surface area (Å²) >= 11 is 0. The number of amides is 1. The molecule has 4 rings (SSSR count). The zero-order valence-corrected chi connectivity index (χ0v) is 25.3. The number of hydrogen-bond acceptors (Lipinski definition) is 8. The van der Waals surface area contributed by atoms with E-state index in [2.05, 4.69) is 16.0 Å². The van der Waals surface area contributed by atoms with Crippen molar-refractivity contribution in [3.63, 3.8) is 0 Å². The van der Waals surface area contributed by atoms with E-state index in [1.807, 2.05) is 54.6 Å². The summed E-state index contributed by atoms with van der Waals surface area (Å²) < 4.78 is 29.1. The van der Waals surface area contributed by atoms with E-state index in [9.17, 15) is 23.4 Å². The van der Waals surface area contributed by atoms with Crippen LogP contribution in [0.15, 0.2) is 77.7 Å². The van der Waals surface area contributed by atoms with E-state index in [1.54, 1.807) is 25.1 Å². The zero-order chi connectivity index (χ0) is 31.1. The number of carbonyl (C=O) groups is 2. The van der Waals surface area contributed by atoms with Gasteiger partial charge in [0.25, 0.3) is 0 Å². The first-order valence-corrected chi connectivity index (χ1v) is 16.1. The molecule has 1 aliphatic rings. The zero-order valence-electron chi connectivity index (χ0n) is 24.4. The van der Waals surface area contributed by atoms with Crippen LogP contribution in [0.2, 0.25) is 0 Å². The second kappa shape index (κ2) is 13.8. The van der Waals surface area contributed by atoms with Gasteiger partial charge in [0.15, 0.2) is 9.84 Å².